The van der Waals surface area contributed by atoms with Gasteiger partial charge in [-0.25, -0.2) is 4.79 Å². The van der Waals surface area contributed by atoms with Crippen molar-refractivity contribution in [2.45, 2.75) is 38.1 Å². The van der Waals surface area contributed by atoms with E-state index in [1.165, 1.54) is 6.42 Å². The largest absolute Gasteiger partial charge is 0.480 e. The zero-order valence-corrected chi connectivity index (χ0v) is 11.0. The van der Waals surface area contributed by atoms with Gasteiger partial charge in [-0.05, 0) is 37.5 Å². The first-order valence-corrected chi connectivity index (χ1v) is 7.29. The molecule has 5 heteroatoms. The minimum Gasteiger partial charge on any atom is -0.480 e. The van der Waals surface area contributed by atoms with Gasteiger partial charge in [0, 0.05) is 18.4 Å². The first-order valence-electron chi connectivity index (χ1n) is 7.29. The van der Waals surface area contributed by atoms with Gasteiger partial charge in [0.05, 0.1) is 6.61 Å². The number of carbonyl (C=O) groups excluding carboxylic acids is 1. The van der Waals surface area contributed by atoms with E-state index in [9.17, 15) is 14.7 Å². The number of ether oxygens (including phenoxy) is 1. The maximum atomic E-state index is 12.2. The van der Waals surface area contributed by atoms with Crippen LogP contribution in [-0.4, -0.2) is 36.2 Å². The van der Waals surface area contributed by atoms with Crippen LogP contribution in [0.1, 0.15) is 32.1 Å². The van der Waals surface area contributed by atoms with Crippen LogP contribution in [0.2, 0.25) is 0 Å². The lowest BCUT2D eigenvalue weighted by Gasteiger charge is -2.28. The maximum absolute atomic E-state index is 12.2. The fraction of sp³-hybridized carbons (Fsp3) is 0.857. The van der Waals surface area contributed by atoms with Gasteiger partial charge in [-0.3, -0.25) is 4.79 Å². The first kappa shape index (κ1) is 12.9. The minimum atomic E-state index is -0.936. The third-order valence-corrected chi connectivity index (χ3v) is 4.94. The summed E-state index contributed by atoms with van der Waals surface area (Å²) >= 11 is 0. The Morgan fingerprint density at radius 2 is 1.89 bits per heavy atom. The molecule has 5 nitrogen and oxygen atoms in total. The van der Waals surface area contributed by atoms with Gasteiger partial charge in [0.1, 0.15) is 6.04 Å². The van der Waals surface area contributed by atoms with E-state index in [1.807, 2.05) is 0 Å². The highest BCUT2D eigenvalue weighted by molar-refractivity contribution is 5.87. The molecule has 3 rings (SSSR count). The molecule has 0 aromatic rings. The molecule has 2 saturated carbocycles. The lowest BCUT2D eigenvalue weighted by Crippen LogP contribution is -2.49. The molecule has 1 amide bonds. The molecular weight excluding hydrogens is 246 g/mol. The van der Waals surface area contributed by atoms with Crippen molar-refractivity contribution in [1.82, 2.24) is 5.32 Å². The molecule has 0 aromatic carbocycles. The van der Waals surface area contributed by atoms with Gasteiger partial charge in [0.25, 0.3) is 0 Å². The summed E-state index contributed by atoms with van der Waals surface area (Å²) in [5, 5.41) is 12.1. The SMILES string of the molecule is O=C(O)C(NC(=O)C1C2CCCC21)C1CCCOC1. The maximum Gasteiger partial charge on any atom is 0.326 e. The highest BCUT2D eigenvalue weighted by Gasteiger charge is 2.57. The number of carboxylic acid groups (broad SMARTS) is 1. The predicted octanol–water partition coefficient (Wildman–Crippen LogP) is 1.03. The van der Waals surface area contributed by atoms with Crippen molar-refractivity contribution in [3.63, 3.8) is 0 Å². The van der Waals surface area contributed by atoms with Crippen LogP contribution in [-0.2, 0) is 14.3 Å². The fourth-order valence-electron chi connectivity index (χ4n) is 3.87. The van der Waals surface area contributed by atoms with Crippen LogP contribution in [0.5, 0.6) is 0 Å². The van der Waals surface area contributed by atoms with Gasteiger partial charge < -0.3 is 15.2 Å². The average Bonchev–Trinajstić information content (AvgIpc) is 2.90. The topological polar surface area (TPSA) is 75.6 Å². The number of carbonyl (C=O) groups is 2. The van der Waals surface area contributed by atoms with Crippen molar-refractivity contribution in [2.24, 2.45) is 23.7 Å². The Morgan fingerprint density at radius 3 is 2.47 bits per heavy atom. The molecule has 1 heterocycles. The molecule has 3 fully saturated rings. The summed E-state index contributed by atoms with van der Waals surface area (Å²) in [6.07, 6.45) is 5.17. The molecular formula is C14H21NO4. The summed E-state index contributed by atoms with van der Waals surface area (Å²) < 4.78 is 5.33. The summed E-state index contributed by atoms with van der Waals surface area (Å²) in [4.78, 5) is 23.5. The summed E-state index contributed by atoms with van der Waals surface area (Å²) in [7, 11) is 0. The van der Waals surface area contributed by atoms with Crippen molar-refractivity contribution in [3.8, 4) is 0 Å². The quantitative estimate of drug-likeness (QED) is 0.797. The third-order valence-electron chi connectivity index (χ3n) is 4.94. The fourth-order valence-corrected chi connectivity index (χ4v) is 3.87. The Balaban J connectivity index is 1.58. The second-order valence-corrected chi connectivity index (χ2v) is 6.09. The number of aliphatic carboxylic acids is 1. The standard InChI is InChI=1S/C14H21NO4/c16-13(11-9-4-1-5-10(9)11)15-12(14(17)18)8-3-2-6-19-7-8/h8-12H,1-7H2,(H,15,16)(H,17,18). The number of nitrogens with one attached hydrogen (secondary N) is 1. The van der Waals surface area contributed by atoms with Crippen molar-refractivity contribution < 1.29 is 19.4 Å². The van der Waals surface area contributed by atoms with Crippen molar-refractivity contribution in [1.29, 1.82) is 0 Å². The van der Waals surface area contributed by atoms with Crippen molar-refractivity contribution >= 4 is 11.9 Å². The van der Waals surface area contributed by atoms with E-state index in [1.54, 1.807) is 0 Å². The van der Waals surface area contributed by atoms with E-state index in [4.69, 9.17) is 4.74 Å². The van der Waals surface area contributed by atoms with E-state index in [2.05, 4.69) is 5.32 Å². The van der Waals surface area contributed by atoms with Crippen LogP contribution < -0.4 is 5.32 Å². The normalized spacial score (nSPS) is 38.3. The van der Waals surface area contributed by atoms with Crippen LogP contribution in [0.3, 0.4) is 0 Å². The van der Waals surface area contributed by atoms with Gasteiger partial charge >= 0.3 is 5.97 Å². The van der Waals surface area contributed by atoms with Gasteiger partial charge in [-0.15, -0.1) is 0 Å². The molecule has 2 aliphatic carbocycles. The van der Waals surface area contributed by atoms with Crippen LogP contribution in [0.4, 0.5) is 0 Å². The molecule has 0 spiro atoms. The Hall–Kier alpha value is -1.10. The molecule has 3 aliphatic rings. The molecule has 1 aliphatic heterocycles. The smallest absolute Gasteiger partial charge is 0.326 e. The summed E-state index contributed by atoms with van der Waals surface area (Å²) in [5.74, 6) is 0.0605. The number of fused-ring (bicyclic) bond motifs is 1. The van der Waals surface area contributed by atoms with E-state index in [0.29, 0.717) is 25.0 Å². The second-order valence-electron chi connectivity index (χ2n) is 6.09. The summed E-state index contributed by atoms with van der Waals surface area (Å²) in [5.41, 5.74) is 0. The van der Waals surface area contributed by atoms with Gasteiger partial charge in [-0.1, -0.05) is 6.42 Å². The molecule has 4 atom stereocenters. The Bertz CT molecular complexity index is 368. The van der Waals surface area contributed by atoms with Crippen LogP contribution in [0.25, 0.3) is 0 Å². The highest BCUT2D eigenvalue weighted by Crippen LogP contribution is 2.57. The van der Waals surface area contributed by atoms with E-state index < -0.39 is 12.0 Å². The van der Waals surface area contributed by atoms with Crippen molar-refractivity contribution in [2.75, 3.05) is 13.2 Å². The number of rotatable bonds is 4. The Morgan fingerprint density at radius 1 is 1.16 bits per heavy atom. The molecule has 106 valence electrons. The third kappa shape index (κ3) is 2.48. The van der Waals surface area contributed by atoms with Gasteiger partial charge in [0.15, 0.2) is 0 Å². The Kier molecular flexibility index (Phi) is 3.48. The van der Waals surface area contributed by atoms with E-state index in [-0.39, 0.29) is 17.7 Å². The molecule has 0 bridgehead atoms. The van der Waals surface area contributed by atoms with Gasteiger partial charge in [0.2, 0.25) is 5.91 Å². The van der Waals surface area contributed by atoms with E-state index >= 15 is 0 Å². The summed E-state index contributed by atoms with van der Waals surface area (Å²) in [6.45, 7) is 1.14. The average molecular weight is 267 g/mol. The molecule has 0 aromatic heterocycles. The summed E-state index contributed by atoms with van der Waals surface area (Å²) in [6, 6.07) is -0.783. The molecule has 4 unspecified atom stereocenters. The Labute approximate surface area is 112 Å². The molecule has 2 N–H and O–H groups in total. The lowest BCUT2D eigenvalue weighted by atomic mass is 9.93. The molecule has 19 heavy (non-hydrogen) atoms. The van der Waals surface area contributed by atoms with Crippen molar-refractivity contribution in [3.05, 3.63) is 0 Å². The van der Waals surface area contributed by atoms with Crippen LogP contribution >= 0.6 is 0 Å². The number of hydrogen-bond donors (Lipinski definition) is 2. The monoisotopic (exact) mass is 267 g/mol. The minimum absolute atomic E-state index is 0.0485. The number of carboxylic acids is 1. The lowest BCUT2D eigenvalue weighted by molar-refractivity contribution is -0.145. The number of amides is 1. The predicted molar refractivity (Wildman–Crippen MR) is 67.4 cm³/mol. The molecule has 0 radical (unpaired) electrons. The second kappa shape index (κ2) is 5.12. The molecule has 1 saturated heterocycles. The number of hydrogen-bond acceptors (Lipinski definition) is 3. The van der Waals surface area contributed by atoms with Gasteiger partial charge in [-0.2, -0.15) is 0 Å². The zero-order valence-electron chi connectivity index (χ0n) is 11.0. The van der Waals surface area contributed by atoms with E-state index in [0.717, 1.165) is 25.7 Å². The highest BCUT2D eigenvalue weighted by atomic mass is 16.5. The van der Waals surface area contributed by atoms with Crippen LogP contribution in [0, 0.1) is 23.7 Å². The zero-order chi connectivity index (χ0) is 13.4. The first-order chi connectivity index (χ1) is 9.18. The van der Waals surface area contributed by atoms with Crippen LogP contribution in [0.15, 0.2) is 0 Å².